The van der Waals surface area contributed by atoms with E-state index in [4.69, 9.17) is 9.47 Å². The minimum Gasteiger partial charge on any atom is -0.455 e. The van der Waals surface area contributed by atoms with E-state index in [0.717, 1.165) is 17.5 Å². The topological polar surface area (TPSA) is 35.5 Å². The molecule has 0 saturated heterocycles. The Hall–Kier alpha value is -2.55. The van der Waals surface area contributed by atoms with Gasteiger partial charge in [0.15, 0.2) is 0 Å². The lowest BCUT2D eigenvalue weighted by molar-refractivity contribution is -0.159. The summed E-state index contributed by atoms with van der Waals surface area (Å²) >= 11 is 0. The monoisotopic (exact) mass is 310 g/mol. The molecule has 0 fully saturated rings. The molecule has 1 unspecified atom stereocenters. The molecule has 0 aliphatic rings. The minimum absolute atomic E-state index is 0.370. The maximum atomic E-state index is 11.7. The summed E-state index contributed by atoms with van der Waals surface area (Å²) in [5.74, 6) is 0.252. The van der Waals surface area contributed by atoms with Crippen molar-refractivity contribution in [3.05, 3.63) is 66.7 Å². The van der Waals surface area contributed by atoms with E-state index < -0.39 is 12.3 Å². The number of rotatable bonds is 7. The van der Waals surface area contributed by atoms with Crippen LogP contribution in [0.2, 0.25) is 0 Å². The summed E-state index contributed by atoms with van der Waals surface area (Å²) in [5.41, 5.74) is 2.64. The number of esters is 1. The first-order valence-electron chi connectivity index (χ1n) is 7.78. The first-order valence-corrected chi connectivity index (χ1v) is 7.78. The van der Waals surface area contributed by atoms with Crippen molar-refractivity contribution < 1.29 is 14.3 Å². The summed E-state index contributed by atoms with van der Waals surface area (Å²) in [5, 5.41) is 0. The fraction of sp³-hybridized carbons (Fsp3) is 0.250. The van der Waals surface area contributed by atoms with Crippen LogP contribution in [0, 0.1) is 0 Å². The second-order valence-electron chi connectivity index (χ2n) is 5.41. The van der Waals surface area contributed by atoms with Gasteiger partial charge in [-0.25, -0.2) is 4.79 Å². The zero-order chi connectivity index (χ0) is 16.7. The average molecular weight is 310 g/mol. The van der Waals surface area contributed by atoms with E-state index >= 15 is 0 Å². The molecule has 3 nitrogen and oxygen atoms in total. The molecule has 2 aromatic rings. The van der Waals surface area contributed by atoms with Crippen molar-refractivity contribution in [2.45, 2.75) is 33.0 Å². The SMILES string of the molecule is C=C(C)C(=O)OC(CCC)Oc1ccc(-c2ccccc2)cc1. The number of hydrogen-bond donors (Lipinski definition) is 0. The summed E-state index contributed by atoms with van der Waals surface area (Å²) < 4.78 is 11.1. The fourth-order valence-electron chi connectivity index (χ4n) is 2.11. The highest BCUT2D eigenvalue weighted by atomic mass is 16.7. The summed E-state index contributed by atoms with van der Waals surface area (Å²) in [4.78, 5) is 11.7. The molecule has 0 N–H and O–H groups in total. The molecule has 0 heterocycles. The summed E-state index contributed by atoms with van der Waals surface area (Å²) in [6.07, 6.45) is 0.905. The number of hydrogen-bond acceptors (Lipinski definition) is 3. The molecule has 0 saturated carbocycles. The van der Waals surface area contributed by atoms with Crippen molar-refractivity contribution in [2.24, 2.45) is 0 Å². The van der Waals surface area contributed by atoms with Gasteiger partial charge in [-0.05, 0) is 36.6 Å². The maximum absolute atomic E-state index is 11.7. The summed E-state index contributed by atoms with van der Waals surface area (Å²) in [7, 11) is 0. The van der Waals surface area contributed by atoms with Gasteiger partial charge in [-0.3, -0.25) is 0 Å². The summed E-state index contributed by atoms with van der Waals surface area (Å²) in [6, 6.07) is 17.9. The molecule has 1 atom stereocenters. The lowest BCUT2D eigenvalue weighted by atomic mass is 10.1. The molecular formula is C20H22O3. The van der Waals surface area contributed by atoms with Gasteiger partial charge in [0.2, 0.25) is 6.29 Å². The highest BCUT2D eigenvalue weighted by Crippen LogP contribution is 2.23. The first-order chi connectivity index (χ1) is 11.1. The van der Waals surface area contributed by atoms with Gasteiger partial charge < -0.3 is 9.47 Å². The van der Waals surface area contributed by atoms with Crippen LogP contribution in [0.4, 0.5) is 0 Å². The van der Waals surface area contributed by atoms with E-state index in [2.05, 4.69) is 18.7 Å². The quantitative estimate of drug-likeness (QED) is 0.411. The van der Waals surface area contributed by atoms with Crippen LogP contribution >= 0.6 is 0 Å². The van der Waals surface area contributed by atoms with Gasteiger partial charge in [-0.2, -0.15) is 0 Å². The molecule has 0 bridgehead atoms. The highest BCUT2D eigenvalue weighted by Gasteiger charge is 2.15. The van der Waals surface area contributed by atoms with Crippen LogP contribution in [0.1, 0.15) is 26.7 Å². The predicted molar refractivity (Wildman–Crippen MR) is 92.1 cm³/mol. The van der Waals surface area contributed by atoms with Crippen molar-refractivity contribution in [2.75, 3.05) is 0 Å². The van der Waals surface area contributed by atoms with E-state index in [-0.39, 0.29) is 0 Å². The van der Waals surface area contributed by atoms with E-state index in [0.29, 0.717) is 17.7 Å². The molecule has 0 spiro atoms. The van der Waals surface area contributed by atoms with Crippen LogP contribution < -0.4 is 4.74 Å². The Labute approximate surface area is 137 Å². The van der Waals surface area contributed by atoms with Gasteiger partial charge in [0.05, 0.1) is 0 Å². The molecule has 2 aromatic carbocycles. The second kappa shape index (κ2) is 8.18. The third-order valence-electron chi connectivity index (χ3n) is 3.34. The number of benzene rings is 2. The van der Waals surface area contributed by atoms with E-state index in [1.165, 1.54) is 0 Å². The van der Waals surface area contributed by atoms with Crippen molar-refractivity contribution in [3.63, 3.8) is 0 Å². The second-order valence-corrected chi connectivity index (χ2v) is 5.41. The highest BCUT2D eigenvalue weighted by molar-refractivity contribution is 5.87. The largest absolute Gasteiger partial charge is 0.455 e. The number of carbonyl (C=O) groups is 1. The van der Waals surface area contributed by atoms with Gasteiger partial charge in [-0.15, -0.1) is 0 Å². The smallest absolute Gasteiger partial charge is 0.336 e. The van der Waals surface area contributed by atoms with Crippen LogP contribution in [0.3, 0.4) is 0 Å². The maximum Gasteiger partial charge on any atom is 0.336 e. The molecule has 120 valence electrons. The number of ether oxygens (including phenoxy) is 2. The molecule has 0 aliphatic heterocycles. The van der Waals surface area contributed by atoms with Gasteiger partial charge in [0.1, 0.15) is 5.75 Å². The average Bonchev–Trinajstić information content (AvgIpc) is 2.56. The Balaban J connectivity index is 2.05. The Morgan fingerprint density at radius 3 is 2.22 bits per heavy atom. The summed E-state index contributed by atoms with van der Waals surface area (Å²) in [6.45, 7) is 7.23. The Morgan fingerprint density at radius 2 is 1.65 bits per heavy atom. The fourth-order valence-corrected chi connectivity index (χ4v) is 2.11. The van der Waals surface area contributed by atoms with Crippen LogP contribution in [0.15, 0.2) is 66.7 Å². The Bertz CT molecular complexity index is 644. The third-order valence-corrected chi connectivity index (χ3v) is 3.34. The zero-order valence-electron chi connectivity index (χ0n) is 13.6. The normalized spacial score (nSPS) is 11.6. The standard InChI is InChI=1S/C20H22O3/c1-4-8-19(23-20(21)15(2)3)22-18-13-11-17(12-14-18)16-9-6-5-7-10-16/h5-7,9-14,19H,2,4,8H2,1,3H3. The molecule has 0 aromatic heterocycles. The minimum atomic E-state index is -0.591. The third kappa shape index (κ3) is 4.99. The van der Waals surface area contributed by atoms with E-state index in [9.17, 15) is 4.79 Å². The van der Waals surface area contributed by atoms with E-state index in [1.54, 1.807) is 6.92 Å². The first kappa shape index (κ1) is 16.8. The zero-order valence-corrected chi connectivity index (χ0v) is 13.6. The Kier molecular flexibility index (Phi) is 5.98. The predicted octanol–water partition coefficient (Wildman–Crippen LogP) is 4.98. The van der Waals surface area contributed by atoms with Gasteiger partial charge in [-0.1, -0.05) is 56.0 Å². The van der Waals surface area contributed by atoms with Crippen LogP contribution in [0.5, 0.6) is 5.75 Å². The van der Waals surface area contributed by atoms with Crippen molar-refractivity contribution in [1.29, 1.82) is 0 Å². The number of carbonyl (C=O) groups excluding carboxylic acids is 1. The van der Waals surface area contributed by atoms with Gasteiger partial charge >= 0.3 is 5.97 Å². The van der Waals surface area contributed by atoms with Gasteiger partial charge in [0, 0.05) is 12.0 Å². The van der Waals surface area contributed by atoms with Crippen molar-refractivity contribution >= 4 is 5.97 Å². The van der Waals surface area contributed by atoms with Crippen molar-refractivity contribution in [3.8, 4) is 16.9 Å². The molecule has 2 rings (SSSR count). The molecule has 23 heavy (non-hydrogen) atoms. The van der Waals surface area contributed by atoms with Crippen LogP contribution in [-0.4, -0.2) is 12.3 Å². The molecular weight excluding hydrogens is 288 g/mol. The van der Waals surface area contributed by atoms with Crippen molar-refractivity contribution in [1.82, 2.24) is 0 Å². The van der Waals surface area contributed by atoms with Crippen LogP contribution in [0.25, 0.3) is 11.1 Å². The van der Waals surface area contributed by atoms with Gasteiger partial charge in [0.25, 0.3) is 0 Å². The molecule has 3 heteroatoms. The van der Waals surface area contributed by atoms with E-state index in [1.807, 2.05) is 49.4 Å². The van der Waals surface area contributed by atoms with Crippen LogP contribution in [-0.2, 0) is 9.53 Å². The lowest BCUT2D eigenvalue weighted by Gasteiger charge is -2.19. The molecule has 0 aliphatic carbocycles. The Morgan fingerprint density at radius 1 is 1.04 bits per heavy atom. The lowest BCUT2D eigenvalue weighted by Crippen LogP contribution is -2.24. The molecule has 0 amide bonds. The molecule has 0 radical (unpaired) electrons.